The number of nitrogens with two attached hydrogens (primary N) is 1. The lowest BCUT2D eigenvalue weighted by Crippen LogP contribution is -2.21. The van der Waals surface area contributed by atoms with Crippen LogP contribution in [0.5, 0.6) is 0 Å². The van der Waals surface area contributed by atoms with E-state index in [0.717, 1.165) is 16.7 Å². The Morgan fingerprint density at radius 3 is 2.21 bits per heavy atom. The van der Waals surface area contributed by atoms with E-state index in [1.54, 1.807) is 30.3 Å². The summed E-state index contributed by atoms with van der Waals surface area (Å²) in [6.45, 7) is 1.98. The van der Waals surface area contributed by atoms with Gasteiger partial charge >= 0.3 is 0 Å². The predicted octanol–water partition coefficient (Wildman–Crippen LogP) is 4.55. The Morgan fingerprint density at radius 2 is 1.57 bits per heavy atom. The van der Waals surface area contributed by atoms with E-state index >= 15 is 0 Å². The van der Waals surface area contributed by atoms with Crippen molar-refractivity contribution in [1.82, 2.24) is 0 Å². The predicted molar refractivity (Wildman–Crippen MR) is 110 cm³/mol. The molecule has 0 bridgehead atoms. The summed E-state index contributed by atoms with van der Waals surface area (Å²) >= 11 is 0. The lowest BCUT2D eigenvalue weighted by Gasteiger charge is -2.11. The lowest BCUT2D eigenvalue weighted by molar-refractivity contribution is -0.114. The highest BCUT2D eigenvalue weighted by Gasteiger charge is 2.32. The van der Waals surface area contributed by atoms with Gasteiger partial charge in [-0.3, -0.25) is 4.79 Å². The fraction of sp³-hybridized carbons (Fsp3) is 0.0435. The molecule has 0 aliphatic carbocycles. The molecule has 2 N–H and O–H groups in total. The number of carbonyl (C=O) groups is 1. The number of nitrogens with zero attached hydrogens (tertiary/aromatic N) is 2. The molecule has 0 saturated carbocycles. The second-order valence-corrected chi connectivity index (χ2v) is 6.63. The van der Waals surface area contributed by atoms with E-state index in [-0.39, 0.29) is 11.7 Å². The molecule has 0 aromatic heterocycles. The minimum Gasteiger partial charge on any atom is -0.399 e. The molecule has 3 aromatic rings. The first-order chi connectivity index (χ1) is 13.5. The molecule has 1 amide bonds. The van der Waals surface area contributed by atoms with Gasteiger partial charge in [0.2, 0.25) is 0 Å². The number of carbonyl (C=O) groups excluding carboxylic acids is 1. The first-order valence-electron chi connectivity index (χ1n) is 8.84. The summed E-state index contributed by atoms with van der Waals surface area (Å²) in [6, 6.07) is 20.8. The van der Waals surface area contributed by atoms with Crippen molar-refractivity contribution in [3.8, 4) is 0 Å². The molecule has 4 rings (SSSR count). The van der Waals surface area contributed by atoms with Crippen LogP contribution < -0.4 is 10.7 Å². The number of aryl methyl sites for hydroxylation is 1. The average molecular weight is 371 g/mol. The summed E-state index contributed by atoms with van der Waals surface area (Å²) in [5.41, 5.74) is 10.7. The number of anilines is 2. The van der Waals surface area contributed by atoms with Crippen LogP contribution in [0, 0.1) is 12.7 Å². The molecular formula is C23H18FN3O. The molecular weight excluding hydrogens is 353 g/mol. The maximum absolute atomic E-state index is 13.2. The van der Waals surface area contributed by atoms with Gasteiger partial charge < -0.3 is 5.73 Å². The third-order valence-electron chi connectivity index (χ3n) is 4.52. The van der Waals surface area contributed by atoms with Crippen LogP contribution in [0.2, 0.25) is 0 Å². The molecule has 0 fully saturated rings. The zero-order chi connectivity index (χ0) is 19.7. The largest absolute Gasteiger partial charge is 0.399 e. The molecule has 28 heavy (non-hydrogen) atoms. The van der Waals surface area contributed by atoms with Crippen molar-refractivity contribution in [2.45, 2.75) is 6.92 Å². The zero-order valence-corrected chi connectivity index (χ0v) is 15.3. The van der Waals surface area contributed by atoms with Gasteiger partial charge in [-0.2, -0.15) is 10.1 Å². The fourth-order valence-corrected chi connectivity index (χ4v) is 2.99. The molecule has 138 valence electrons. The topological polar surface area (TPSA) is 58.7 Å². The summed E-state index contributed by atoms with van der Waals surface area (Å²) in [5.74, 6) is -0.561. The molecule has 1 aliphatic rings. The van der Waals surface area contributed by atoms with Crippen molar-refractivity contribution in [1.29, 1.82) is 0 Å². The Hall–Kier alpha value is -3.73. The summed E-state index contributed by atoms with van der Waals surface area (Å²) in [5, 5.41) is 5.97. The minimum atomic E-state index is -0.325. The summed E-state index contributed by atoms with van der Waals surface area (Å²) < 4.78 is 13.2. The normalized spacial score (nSPS) is 15.2. The monoisotopic (exact) mass is 371 g/mol. The van der Waals surface area contributed by atoms with Gasteiger partial charge in [0.25, 0.3) is 5.91 Å². The van der Waals surface area contributed by atoms with Crippen LogP contribution in [0.15, 0.2) is 83.5 Å². The number of benzene rings is 3. The molecule has 0 saturated heterocycles. The van der Waals surface area contributed by atoms with Gasteiger partial charge in [-0.15, -0.1) is 0 Å². The minimum absolute atomic E-state index is 0.236. The van der Waals surface area contributed by atoms with Crippen molar-refractivity contribution < 1.29 is 9.18 Å². The molecule has 4 nitrogen and oxygen atoms in total. The van der Waals surface area contributed by atoms with Gasteiger partial charge in [0, 0.05) is 11.3 Å². The first-order valence-corrected chi connectivity index (χ1v) is 8.84. The summed E-state index contributed by atoms with van der Waals surface area (Å²) in [7, 11) is 0. The van der Waals surface area contributed by atoms with Gasteiger partial charge in [-0.25, -0.2) is 4.39 Å². The molecule has 0 atom stereocenters. The number of nitrogen functional groups attached to an aromatic ring is 1. The van der Waals surface area contributed by atoms with Crippen molar-refractivity contribution in [3.05, 3.63) is 101 Å². The van der Waals surface area contributed by atoms with Crippen LogP contribution in [-0.2, 0) is 4.79 Å². The van der Waals surface area contributed by atoms with Gasteiger partial charge in [0.05, 0.1) is 11.3 Å². The van der Waals surface area contributed by atoms with Gasteiger partial charge in [0.1, 0.15) is 11.5 Å². The molecule has 0 unspecified atom stereocenters. The second kappa shape index (κ2) is 7.12. The van der Waals surface area contributed by atoms with Crippen LogP contribution >= 0.6 is 0 Å². The van der Waals surface area contributed by atoms with E-state index in [9.17, 15) is 9.18 Å². The van der Waals surface area contributed by atoms with E-state index in [4.69, 9.17) is 5.73 Å². The lowest BCUT2D eigenvalue weighted by atomic mass is 10.00. The number of hydrogen-bond acceptors (Lipinski definition) is 3. The number of rotatable bonds is 3. The number of amides is 1. The Labute approximate surface area is 162 Å². The van der Waals surface area contributed by atoms with E-state index in [1.165, 1.54) is 17.1 Å². The Morgan fingerprint density at radius 1 is 0.929 bits per heavy atom. The number of halogens is 1. The highest BCUT2D eigenvalue weighted by molar-refractivity contribution is 6.37. The van der Waals surface area contributed by atoms with Crippen LogP contribution in [-0.4, -0.2) is 11.6 Å². The van der Waals surface area contributed by atoms with E-state index in [2.05, 4.69) is 5.10 Å². The fourth-order valence-electron chi connectivity index (χ4n) is 2.99. The quantitative estimate of drug-likeness (QED) is 0.542. The van der Waals surface area contributed by atoms with Crippen molar-refractivity contribution in [2.75, 3.05) is 10.7 Å². The van der Waals surface area contributed by atoms with Gasteiger partial charge in [0.15, 0.2) is 0 Å². The summed E-state index contributed by atoms with van der Waals surface area (Å²) in [6.07, 6.45) is 1.73. The highest BCUT2D eigenvalue weighted by Crippen LogP contribution is 2.28. The zero-order valence-electron chi connectivity index (χ0n) is 15.3. The molecule has 3 aromatic carbocycles. The number of hydrazone groups is 1. The van der Waals surface area contributed by atoms with Crippen LogP contribution in [0.3, 0.4) is 0 Å². The Kier molecular flexibility index (Phi) is 4.49. The van der Waals surface area contributed by atoms with E-state index in [1.807, 2.05) is 43.3 Å². The van der Waals surface area contributed by atoms with E-state index in [0.29, 0.717) is 22.7 Å². The van der Waals surface area contributed by atoms with Crippen LogP contribution in [0.25, 0.3) is 6.08 Å². The maximum Gasteiger partial charge on any atom is 0.281 e. The maximum atomic E-state index is 13.2. The molecule has 1 heterocycles. The third-order valence-corrected chi connectivity index (χ3v) is 4.52. The molecule has 5 heteroatoms. The standard InChI is InChI=1S/C23H18FN3O/c1-15-2-12-20(13-3-15)27-23(28)21(14-16-4-8-18(24)9-5-16)22(26-27)17-6-10-19(25)11-7-17/h2-14H,25H2,1H3/b21-14-. The van der Waals surface area contributed by atoms with Crippen molar-refractivity contribution >= 4 is 29.1 Å². The van der Waals surface area contributed by atoms with Gasteiger partial charge in [-0.05, 0) is 55.0 Å². The first kappa shape index (κ1) is 17.7. The SMILES string of the molecule is Cc1ccc(N2N=C(c3ccc(N)cc3)/C(=C/c3ccc(F)cc3)C2=O)cc1. The summed E-state index contributed by atoms with van der Waals surface area (Å²) in [4.78, 5) is 13.2. The van der Waals surface area contributed by atoms with Crippen LogP contribution in [0.1, 0.15) is 16.7 Å². The Bertz CT molecular complexity index is 1080. The van der Waals surface area contributed by atoms with Crippen molar-refractivity contribution in [2.24, 2.45) is 5.10 Å². The van der Waals surface area contributed by atoms with Gasteiger partial charge in [-0.1, -0.05) is 42.0 Å². The molecule has 0 spiro atoms. The third kappa shape index (κ3) is 3.42. The molecule has 1 aliphatic heterocycles. The number of hydrogen-bond donors (Lipinski definition) is 1. The van der Waals surface area contributed by atoms with Crippen LogP contribution in [0.4, 0.5) is 15.8 Å². The highest BCUT2D eigenvalue weighted by atomic mass is 19.1. The second-order valence-electron chi connectivity index (χ2n) is 6.63. The molecule has 0 radical (unpaired) electrons. The smallest absolute Gasteiger partial charge is 0.281 e. The van der Waals surface area contributed by atoms with Crippen molar-refractivity contribution in [3.63, 3.8) is 0 Å². The average Bonchev–Trinajstić information content (AvgIpc) is 3.01. The van der Waals surface area contributed by atoms with E-state index < -0.39 is 0 Å². The Balaban J connectivity index is 1.81.